The molecule has 68 valence electrons. The minimum Gasteiger partial charge on any atom is -0.330 e. The standard InChI is InChI=1S/C10H15N.ClH/c1-2-9(8-11)10-6-4-3-5-7-10;/h3-7,9H,2,8,11H2,1H3;1H/i2+2;. The second kappa shape index (κ2) is 6.04. The highest BCUT2D eigenvalue weighted by molar-refractivity contribution is 5.85. The van der Waals surface area contributed by atoms with Crippen LogP contribution in [0.4, 0.5) is 0 Å². The summed E-state index contributed by atoms with van der Waals surface area (Å²) in [6, 6.07) is 10.4. The largest absolute Gasteiger partial charge is 0.330 e. The predicted octanol–water partition coefficient (Wildman–Crippen LogP) is 2.56. The van der Waals surface area contributed by atoms with Crippen molar-refractivity contribution in [2.75, 3.05) is 6.54 Å². The van der Waals surface area contributed by atoms with Gasteiger partial charge in [-0.15, -0.1) is 12.4 Å². The number of benzene rings is 1. The Labute approximate surface area is 80.4 Å². The van der Waals surface area contributed by atoms with Gasteiger partial charge in [0.25, 0.3) is 0 Å². The molecule has 1 unspecified atom stereocenters. The van der Waals surface area contributed by atoms with E-state index >= 15 is 0 Å². The van der Waals surface area contributed by atoms with Crippen LogP contribution in [-0.2, 0) is 0 Å². The van der Waals surface area contributed by atoms with Gasteiger partial charge in [0, 0.05) is 0 Å². The normalized spacial score (nSPS) is 11.8. The molecule has 12 heavy (non-hydrogen) atoms. The average molecular weight is 188 g/mol. The van der Waals surface area contributed by atoms with Crippen LogP contribution >= 0.6 is 12.4 Å². The molecule has 1 aromatic carbocycles. The van der Waals surface area contributed by atoms with Crippen molar-refractivity contribution in [3.63, 3.8) is 0 Å². The summed E-state index contributed by atoms with van der Waals surface area (Å²) in [5.41, 5.74) is 6.97. The summed E-state index contributed by atoms with van der Waals surface area (Å²) in [7, 11) is 0. The van der Waals surface area contributed by atoms with E-state index < -0.39 is 0 Å². The summed E-state index contributed by atoms with van der Waals surface area (Å²) in [5, 5.41) is 0. The van der Waals surface area contributed by atoms with Gasteiger partial charge in [0.15, 0.2) is 0 Å². The van der Waals surface area contributed by atoms with Gasteiger partial charge < -0.3 is 5.73 Å². The van der Waals surface area contributed by atoms with Gasteiger partial charge in [-0.05, 0) is 24.4 Å². The van der Waals surface area contributed by atoms with Gasteiger partial charge in [-0.1, -0.05) is 37.3 Å². The molecule has 2 N–H and O–H groups in total. The van der Waals surface area contributed by atoms with Crippen molar-refractivity contribution in [1.29, 1.82) is 0 Å². The Balaban J connectivity index is 0.00000121. The molecule has 1 atom stereocenters. The molecule has 0 aromatic heterocycles. The molecule has 2 heteroatoms. The van der Waals surface area contributed by atoms with Crippen LogP contribution in [0.5, 0.6) is 0 Å². The smallest absolute Gasteiger partial charge is 0.000834 e. The van der Waals surface area contributed by atoms with E-state index in [1.54, 1.807) is 0 Å². The van der Waals surface area contributed by atoms with Crippen molar-refractivity contribution in [3.05, 3.63) is 35.9 Å². The second-order valence-electron chi connectivity index (χ2n) is 2.75. The van der Waals surface area contributed by atoms with Gasteiger partial charge in [0.2, 0.25) is 0 Å². The van der Waals surface area contributed by atoms with Crippen LogP contribution in [0.3, 0.4) is 0 Å². The minimum absolute atomic E-state index is 0. The van der Waals surface area contributed by atoms with Gasteiger partial charge in [0.1, 0.15) is 0 Å². The Morgan fingerprint density at radius 2 is 1.92 bits per heavy atom. The van der Waals surface area contributed by atoms with Crippen molar-refractivity contribution in [1.82, 2.24) is 0 Å². The molecule has 0 saturated heterocycles. The Hall–Kier alpha value is -0.530. The zero-order valence-corrected chi connectivity index (χ0v) is 8.18. The lowest BCUT2D eigenvalue weighted by Gasteiger charge is -2.11. The van der Waals surface area contributed by atoms with Gasteiger partial charge in [-0.25, -0.2) is 0 Å². The third-order valence-corrected chi connectivity index (χ3v) is 2.05. The zero-order chi connectivity index (χ0) is 8.10. The maximum absolute atomic E-state index is 5.62. The van der Waals surface area contributed by atoms with Crippen molar-refractivity contribution in [2.45, 2.75) is 19.3 Å². The van der Waals surface area contributed by atoms with E-state index in [-0.39, 0.29) is 12.4 Å². The van der Waals surface area contributed by atoms with E-state index in [1.165, 1.54) is 5.56 Å². The third kappa shape index (κ3) is 2.84. The molecule has 0 saturated carbocycles. The van der Waals surface area contributed by atoms with Crippen LogP contribution in [-0.4, -0.2) is 6.54 Å². The number of rotatable bonds is 3. The monoisotopic (exact) mass is 187 g/mol. The number of hydrogen-bond acceptors (Lipinski definition) is 1. The van der Waals surface area contributed by atoms with Gasteiger partial charge in [-0.3, -0.25) is 0 Å². The fourth-order valence-corrected chi connectivity index (χ4v) is 1.26. The molecule has 1 nitrogen and oxygen atoms in total. The van der Waals surface area contributed by atoms with E-state index in [0.29, 0.717) is 5.92 Å². The second-order valence-corrected chi connectivity index (χ2v) is 2.75. The van der Waals surface area contributed by atoms with E-state index in [9.17, 15) is 0 Å². The summed E-state index contributed by atoms with van der Waals surface area (Å²) < 4.78 is 0. The SMILES string of the molecule is C[14CH2]C(CN)c1ccccc1.Cl. The summed E-state index contributed by atoms with van der Waals surface area (Å²) in [6.45, 7) is 2.92. The molecule has 0 heterocycles. The Kier molecular flexibility index (Phi) is 5.77. The van der Waals surface area contributed by atoms with Crippen LogP contribution < -0.4 is 5.73 Å². The Bertz CT molecular complexity index is 194. The molecular formula is C10H16ClN. The van der Waals surface area contributed by atoms with Crippen LogP contribution in [0.2, 0.25) is 0 Å². The molecule has 0 amide bonds. The first-order valence-corrected chi connectivity index (χ1v) is 4.13. The first-order valence-electron chi connectivity index (χ1n) is 4.13. The molecule has 1 aromatic rings. The summed E-state index contributed by atoms with van der Waals surface area (Å²) in [6.07, 6.45) is 1.13. The zero-order valence-electron chi connectivity index (χ0n) is 7.36. The van der Waals surface area contributed by atoms with Gasteiger partial charge >= 0.3 is 0 Å². The molecule has 0 fully saturated rings. The van der Waals surface area contributed by atoms with E-state index in [2.05, 4.69) is 31.2 Å². The minimum atomic E-state index is 0. The number of hydrogen-bond donors (Lipinski definition) is 1. The lowest BCUT2D eigenvalue weighted by atomic mass is 10.1. The quantitative estimate of drug-likeness (QED) is 0.774. The molecule has 0 bridgehead atoms. The highest BCUT2D eigenvalue weighted by Gasteiger charge is 2.04. The van der Waals surface area contributed by atoms with Crippen molar-refractivity contribution in [2.24, 2.45) is 5.73 Å². The topological polar surface area (TPSA) is 26.0 Å². The van der Waals surface area contributed by atoms with Crippen LogP contribution in [0, 0.1) is 0 Å². The van der Waals surface area contributed by atoms with E-state index in [1.807, 2.05) is 6.07 Å². The molecule has 1 rings (SSSR count). The van der Waals surface area contributed by atoms with Crippen molar-refractivity contribution in [3.8, 4) is 0 Å². The maximum atomic E-state index is 5.62. The fourth-order valence-electron chi connectivity index (χ4n) is 1.26. The highest BCUT2D eigenvalue weighted by Crippen LogP contribution is 2.16. The lowest BCUT2D eigenvalue weighted by Crippen LogP contribution is -2.11. The Morgan fingerprint density at radius 1 is 1.33 bits per heavy atom. The van der Waals surface area contributed by atoms with E-state index in [4.69, 9.17) is 5.73 Å². The molecular weight excluding hydrogens is 172 g/mol. The summed E-state index contributed by atoms with van der Waals surface area (Å²) in [4.78, 5) is 0. The third-order valence-electron chi connectivity index (χ3n) is 2.05. The maximum Gasteiger partial charge on any atom is -0.000834 e. The van der Waals surface area contributed by atoms with Crippen molar-refractivity contribution >= 4 is 12.4 Å². The highest BCUT2D eigenvalue weighted by atomic mass is 35.5. The first kappa shape index (κ1) is 11.5. The lowest BCUT2D eigenvalue weighted by molar-refractivity contribution is 0.674. The van der Waals surface area contributed by atoms with Crippen molar-refractivity contribution < 1.29 is 0 Å². The molecule has 0 aliphatic heterocycles. The Morgan fingerprint density at radius 3 is 2.33 bits per heavy atom. The molecule has 0 aliphatic carbocycles. The van der Waals surface area contributed by atoms with E-state index in [0.717, 1.165) is 13.0 Å². The summed E-state index contributed by atoms with van der Waals surface area (Å²) in [5.74, 6) is 0.538. The molecule has 0 spiro atoms. The van der Waals surface area contributed by atoms with Crippen LogP contribution in [0.1, 0.15) is 24.8 Å². The van der Waals surface area contributed by atoms with Crippen LogP contribution in [0.15, 0.2) is 30.3 Å². The van der Waals surface area contributed by atoms with Crippen LogP contribution in [0.25, 0.3) is 0 Å². The fraction of sp³-hybridized carbons (Fsp3) is 0.400. The number of halogens is 1. The van der Waals surface area contributed by atoms with Gasteiger partial charge in [0.05, 0.1) is 0 Å². The first-order chi connectivity index (χ1) is 5.38. The van der Waals surface area contributed by atoms with Gasteiger partial charge in [-0.2, -0.15) is 0 Å². The molecule has 0 aliphatic rings. The average Bonchev–Trinajstić information content (AvgIpc) is 2.09. The molecule has 0 radical (unpaired) electrons. The summed E-state index contributed by atoms with van der Waals surface area (Å²) >= 11 is 0. The number of nitrogens with two attached hydrogens (primary N) is 1. The predicted molar refractivity (Wildman–Crippen MR) is 55.8 cm³/mol.